The molecule has 0 heterocycles. The Balaban J connectivity index is 8.41. The van der Waals surface area contributed by atoms with E-state index < -0.39 is 107 Å². The van der Waals surface area contributed by atoms with Crippen molar-refractivity contribution in [3.05, 3.63) is 12.2 Å². The number of halogens is 33. The van der Waals surface area contributed by atoms with Gasteiger partial charge >= 0.3 is 101 Å². The third-order valence-electron chi connectivity index (χ3n) is 6.51. The Morgan fingerprint density at radius 3 is 0.709 bits per heavy atom. The summed E-state index contributed by atoms with van der Waals surface area (Å²) in [5.74, 6) is -122. The lowest BCUT2D eigenvalue weighted by Crippen LogP contribution is -2.83. The van der Waals surface area contributed by atoms with E-state index in [-0.39, 0.29) is 6.92 Å². The first kappa shape index (κ1) is 51.9. The maximum atomic E-state index is 15.2. The average molecular weight is 904 g/mol. The van der Waals surface area contributed by atoms with E-state index in [0.29, 0.717) is 0 Å². The van der Waals surface area contributed by atoms with Crippen LogP contribution in [0.2, 0.25) is 0 Å². The summed E-state index contributed by atoms with van der Waals surface area (Å²) in [7, 11) is 0. The number of carbonyl (C=O) groups is 1. The molecule has 0 aliphatic heterocycles. The summed E-state index contributed by atoms with van der Waals surface area (Å²) in [6.45, 7) is 1.57. The lowest BCUT2D eigenvalue weighted by Gasteiger charge is -2.49. The molecule has 0 aliphatic rings. The maximum absolute atomic E-state index is 15.2. The third-order valence-corrected chi connectivity index (χ3v) is 6.51. The summed E-state index contributed by atoms with van der Waals surface area (Å²) in [5, 5.41) is 0. The summed E-state index contributed by atoms with van der Waals surface area (Å²) in [6.07, 6.45) is -26.3. The van der Waals surface area contributed by atoms with Crippen LogP contribution in [0.1, 0.15) is 6.92 Å². The summed E-state index contributed by atoms with van der Waals surface area (Å²) < 4.78 is 451. The highest BCUT2D eigenvalue weighted by Crippen LogP contribution is 2.70. The summed E-state index contributed by atoms with van der Waals surface area (Å²) >= 11 is 0. The fourth-order valence-corrected chi connectivity index (χ4v) is 3.28. The van der Waals surface area contributed by atoms with Crippen LogP contribution in [0.4, 0.5) is 145 Å². The van der Waals surface area contributed by atoms with E-state index in [1.165, 1.54) is 0 Å². The van der Waals surface area contributed by atoms with Gasteiger partial charge in [0.2, 0.25) is 0 Å². The van der Waals surface area contributed by atoms with Crippen LogP contribution in [-0.2, 0) is 9.53 Å². The number of rotatable bonds is 14. The second kappa shape index (κ2) is 12.7. The van der Waals surface area contributed by atoms with Gasteiger partial charge < -0.3 is 4.74 Å². The second-order valence-corrected chi connectivity index (χ2v) is 10.2. The van der Waals surface area contributed by atoms with Gasteiger partial charge in [-0.05, 0) is 6.92 Å². The third kappa shape index (κ3) is 6.13. The van der Waals surface area contributed by atoms with Crippen molar-refractivity contribution in [2.24, 2.45) is 0 Å². The van der Waals surface area contributed by atoms with Crippen LogP contribution < -0.4 is 0 Å². The van der Waals surface area contributed by atoms with Gasteiger partial charge in [0.1, 0.15) is 0 Å². The Bertz CT molecular complexity index is 1460. The Morgan fingerprint density at radius 1 is 0.327 bits per heavy atom. The van der Waals surface area contributed by atoms with Crippen molar-refractivity contribution < 1.29 is 154 Å². The molecule has 0 spiro atoms. The van der Waals surface area contributed by atoms with E-state index in [2.05, 4.69) is 0 Å². The van der Waals surface area contributed by atoms with Crippen LogP contribution in [0.3, 0.4) is 0 Å². The van der Waals surface area contributed by atoms with Gasteiger partial charge in [0.05, 0.1) is 0 Å². The van der Waals surface area contributed by atoms with Crippen molar-refractivity contribution in [3.63, 3.8) is 0 Å². The zero-order valence-electron chi connectivity index (χ0n) is 24.0. The first-order valence-electron chi connectivity index (χ1n) is 11.7. The molecule has 0 saturated carbocycles. The maximum Gasteiger partial charge on any atom is 0.460 e. The lowest BCUT2D eigenvalue weighted by molar-refractivity contribution is -0.502. The number of hydrogen-bond donors (Lipinski definition) is 0. The summed E-state index contributed by atoms with van der Waals surface area (Å²) in [5.41, 5.74) is -12.1. The standard InChI is InChI=1S/C20H5F33O2/c1-3(2)4(54)55-17(44,5(21,18(45,46)47)6(22,23)19(48,49)50)15(40,41)13(36,37)11(32,33)9(28,29)7(24,25)8(26,27)10(30,31)12(34,35)14(38,39)16(42,43)20(51,52)53/h1H2,2H3. The summed E-state index contributed by atoms with van der Waals surface area (Å²) in [4.78, 5) is 11.3. The molecule has 328 valence electrons. The molecule has 2 atom stereocenters. The van der Waals surface area contributed by atoms with Gasteiger partial charge in [0.25, 0.3) is 0 Å². The number of esters is 1. The molecule has 0 saturated heterocycles. The normalized spacial score (nSPS) is 18.4. The Labute approximate surface area is 276 Å². The highest BCUT2D eigenvalue weighted by atomic mass is 19.4. The molecule has 0 aliphatic carbocycles. The van der Waals surface area contributed by atoms with E-state index in [4.69, 9.17) is 0 Å². The van der Waals surface area contributed by atoms with Gasteiger partial charge in [0, 0.05) is 5.57 Å². The smallest absolute Gasteiger partial charge is 0.415 e. The van der Waals surface area contributed by atoms with Crippen molar-refractivity contribution in [1.29, 1.82) is 0 Å². The highest BCUT2D eigenvalue weighted by molar-refractivity contribution is 5.87. The molecule has 0 N–H and O–H groups in total. The molecule has 0 amide bonds. The Morgan fingerprint density at radius 2 is 0.527 bits per heavy atom. The fraction of sp³-hybridized carbons (Fsp3) is 0.850. The van der Waals surface area contributed by atoms with Gasteiger partial charge in [0.15, 0.2) is 0 Å². The molecule has 2 unspecified atom stereocenters. The zero-order chi connectivity index (χ0) is 45.9. The summed E-state index contributed by atoms with van der Waals surface area (Å²) in [6, 6.07) is 0. The van der Waals surface area contributed by atoms with Crippen LogP contribution in [-0.4, -0.2) is 101 Å². The highest BCUT2D eigenvalue weighted by Gasteiger charge is 3.03. The molecule has 55 heavy (non-hydrogen) atoms. The van der Waals surface area contributed by atoms with Crippen LogP contribution in [0.25, 0.3) is 0 Å². The Kier molecular flexibility index (Phi) is 12.0. The van der Waals surface area contributed by atoms with E-state index in [1.54, 1.807) is 4.74 Å². The number of carbonyl (C=O) groups excluding carboxylic acids is 1. The molecule has 35 heteroatoms. The van der Waals surface area contributed by atoms with Gasteiger partial charge in [-0.3, -0.25) is 0 Å². The largest absolute Gasteiger partial charge is 0.460 e. The minimum atomic E-state index is -10.3. The number of alkyl halides is 33. The fourth-order valence-electron chi connectivity index (χ4n) is 3.28. The van der Waals surface area contributed by atoms with Gasteiger partial charge in [-0.25, -0.2) is 9.18 Å². The molecule has 0 bridgehead atoms. The average Bonchev–Trinajstić information content (AvgIpc) is 2.93. The van der Waals surface area contributed by atoms with Crippen LogP contribution in [0.5, 0.6) is 0 Å². The molecular formula is C20H5F33O2. The van der Waals surface area contributed by atoms with Gasteiger partial charge in [-0.1, -0.05) is 6.58 Å². The van der Waals surface area contributed by atoms with Crippen molar-refractivity contribution in [2.75, 3.05) is 0 Å². The van der Waals surface area contributed by atoms with Crippen molar-refractivity contribution in [3.8, 4) is 0 Å². The molecule has 0 aromatic rings. The van der Waals surface area contributed by atoms with Gasteiger partial charge in [-0.15, -0.1) is 0 Å². The van der Waals surface area contributed by atoms with E-state index in [9.17, 15) is 145 Å². The monoisotopic (exact) mass is 904 g/mol. The van der Waals surface area contributed by atoms with Crippen molar-refractivity contribution in [1.82, 2.24) is 0 Å². The van der Waals surface area contributed by atoms with Crippen LogP contribution in [0.15, 0.2) is 12.2 Å². The first-order chi connectivity index (χ1) is 23.1. The molecular weight excluding hydrogens is 899 g/mol. The topological polar surface area (TPSA) is 26.3 Å². The molecule has 0 aromatic heterocycles. The number of ether oxygens (including phenoxy) is 1. The van der Waals surface area contributed by atoms with E-state index in [1.807, 2.05) is 6.58 Å². The Hall–Kier alpha value is -3.10. The van der Waals surface area contributed by atoms with Crippen molar-refractivity contribution in [2.45, 2.75) is 102 Å². The van der Waals surface area contributed by atoms with E-state index >= 15 is 4.39 Å². The first-order valence-corrected chi connectivity index (χ1v) is 11.7. The van der Waals surface area contributed by atoms with Crippen LogP contribution >= 0.6 is 0 Å². The molecule has 0 rings (SSSR count). The molecule has 2 nitrogen and oxygen atoms in total. The lowest BCUT2D eigenvalue weighted by atomic mass is 9.78. The quantitative estimate of drug-likeness (QED) is 0.0986. The van der Waals surface area contributed by atoms with Crippen LogP contribution in [0, 0.1) is 0 Å². The molecule has 0 radical (unpaired) electrons. The second-order valence-electron chi connectivity index (χ2n) is 10.2. The number of hydrogen-bond acceptors (Lipinski definition) is 2. The molecule has 0 aromatic carbocycles. The predicted molar refractivity (Wildman–Crippen MR) is 101 cm³/mol. The zero-order valence-corrected chi connectivity index (χ0v) is 24.0. The minimum absolute atomic E-state index is 0.371. The van der Waals surface area contributed by atoms with E-state index in [0.717, 1.165) is 0 Å². The SMILES string of the molecule is C=C(C)C(=O)OC(F)(C(F)(F)C(F)(F)C(F)(F)C(F)(F)C(F)(F)C(F)(F)C(F)(F)C(F)(F)C(F)(F)C(F)(F)C(F)(F)F)C(F)(C(F)(F)F)C(F)(F)C(F)(F)F. The van der Waals surface area contributed by atoms with Gasteiger partial charge in [-0.2, -0.15) is 140 Å². The minimum Gasteiger partial charge on any atom is -0.415 e. The van der Waals surface area contributed by atoms with Crippen molar-refractivity contribution >= 4 is 5.97 Å². The predicted octanol–water partition coefficient (Wildman–Crippen LogP) is 11.2. The molecule has 0 fully saturated rings.